The van der Waals surface area contributed by atoms with Gasteiger partial charge in [-0.25, -0.2) is 0 Å². The number of carbonyl (C=O) groups excluding carboxylic acids is 1. The van der Waals surface area contributed by atoms with Gasteiger partial charge >= 0.3 is 0 Å². The molecule has 0 aliphatic rings. The standard InChI is InChI=1S/C25H28N4O5/c1-4-15-34-21-11-9-18(16-22(21)33-3)24-27-25(31)19(28-29-24)10-12-23(30)26-14-13-17-7-5-6-8-20(17)32-2/h4-9,11,16H,1,10,12-15H2,2-3H3,(H,26,30)(H,27,29,31). The van der Waals surface area contributed by atoms with Crippen molar-refractivity contribution in [1.82, 2.24) is 20.5 Å². The predicted octanol–water partition coefficient (Wildman–Crippen LogP) is 2.71. The number of H-pyrrole nitrogens is 1. The van der Waals surface area contributed by atoms with Crippen LogP contribution in [0.15, 0.2) is 59.9 Å². The zero-order valence-corrected chi connectivity index (χ0v) is 19.3. The van der Waals surface area contributed by atoms with Gasteiger partial charge in [-0.05, 0) is 36.2 Å². The summed E-state index contributed by atoms with van der Waals surface area (Å²) in [6, 6.07) is 12.8. The van der Waals surface area contributed by atoms with Crippen molar-refractivity contribution in [3.63, 3.8) is 0 Å². The van der Waals surface area contributed by atoms with Crippen molar-refractivity contribution in [1.29, 1.82) is 0 Å². The van der Waals surface area contributed by atoms with Crippen LogP contribution in [-0.2, 0) is 17.6 Å². The highest BCUT2D eigenvalue weighted by Crippen LogP contribution is 2.31. The molecule has 0 aliphatic heterocycles. The smallest absolute Gasteiger partial charge is 0.273 e. The minimum Gasteiger partial charge on any atom is -0.496 e. The highest BCUT2D eigenvalue weighted by molar-refractivity contribution is 5.76. The molecule has 0 bridgehead atoms. The fourth-order valence-corrected chi connectivity index (χ4v) is 3.30. The maximum atomic E-state index is 12.5. The number of aryl methyl sites for hydroxylation is 1. The molecule has 0 aliphatic carbocycles. The second-order valence-corrected chi connectivity index (χ2v) is 7.33. The first kappa shape index (κ1) is 24.5. The molecule has 1 amide bonds. The van der Waals surface area contributed by atoms with Gasteiger partial charge in [0, 0.05) is 24.9 Å². The zero-order chi connectivity index (χ0) is 24.3. The Kier molecular flexibility index (Phi) is 8.79. The molecule has 0 spiro atoms. The van der Waals surface area contributed by atoms with Crippen LogP contribution in [0, 0.1) is 0 Å². The topological polar surface area (TPSA) is 115 Å². The predicted molar refractivity (Wildman–Crippen MR) is 128 cm³/mol. The van der Waals surface area contributed by atoms with Crippen LogP contribution in [0.2, 0.25) is 0 Å². The number of methoxy groups -OCH3 is 2. The molecule has 0 saturated heterocycles. The van der Waals surface area contributed by atoms with Gasteiger partial charge < -0.3 is 24.5 Å². The van der Waals surface area contributed by atoms with E-state index < -0.39 is 5.56 Å². The fourth-order valence-electron chi connectivity index (χ4n) is 3.30. The highest BCUT2D eigenvalue weighted by Gasteiger charge is 2.12. The third kappa shape index (κ3) is 6.44. The molecule has 178 valence electrons. The van der Waals surface area contributed by atoms with Crippen LogP contribution < -0.4 is 25.1 Å². The van der Waals surface area contributed by atoms with Crippen molar-refractivity contribution < 1.29 is 19.0 Å². The Balaban J connectivity index is 1.56. The van der Waals surface area contributed by atoms with Crippen molar-refractivity contribution >= 4 is 5.91 Å². The Morgan fingerprint density at radius 2 is 1.85 bits per heavy atom. The number of benzene rings is 2. The molecule has 1 aromatic heterocycles. The van der Waals surface area contributed by atoms with Gasteiger partial charge in [0.15, 0.2) is 17.3 Å². The number of carbonyl (C=O) groups is 1. The summed E-state index contributed by atoms with van der Waals surface area (Å²) in [4.78, 5) is 27.4. The molecule has 1 heterocycles. The summed E-state index contributed by atoms with van der Waals surface area (Å²) in [5, 5.41) is 11.0. The Morgan fingerprint density at radius 3 is 2.59 bits per heavy atom. The van der Waals surface area contributed by atoms with Gasteiger partial charge in [0.2, 0.25) is 5.91 Å². The molecular formula is C25H28N4O5. The normalized spacial score (nSPS) is 10.4. The van der Waals surface area contributed by atoms with Gasteiger partial charge in [0.1, 0.15) is 18.1 Å². The SMILES string of the molecule is C=CCOc1ccc(-c2nnc(CCC(=O)NCCc3ccccc3OC)c(=O)[nH]2)cc1OC. The van der Waals surface area contributed by atoms with Crippen LogP contribution in [0.3, 0.4) is 0 Å². The number of hydrogen-bond donors (Lipinski definition) is 2. The Labute approximate surface area is 197 Å². The summed E-state index contributed by atoms with van der Waals surface area (Å²) < 4.78 is 16.2. The lowest BCUT2D eigenvalue weighted by atomic mass is 10.1. The van der Waals surface area contributed by atoms with Crippen LogP contribution in [0.4, 0.5) is 0 Å². The first-order valence-electron chi connectivity index (χ1n) is 10.8. The molecular weight excluding hydrogens is 436 g/mol. The fraction of sp³-hybridized carbons (Fsp3) is 0.280. The summed E-state index contributed by atoms with van der Waals surface area (Å²) in [6.45, 7) is 4.43. The van der Waals surface area contributed by atoms with Crippen LogP contribution in [0.1, 0.15) is 17.7 Å². The van der Waals surface area contributed by atoms with Gasteiger partial charge in [-0.2, -0.15) is 0 Å². The molecule has 0 unspecified atom stereocenters. The Morgan fingerprint density at radius 1 is 1.06 bits per heavy atom. The molecule has 0 saturated carbocycles. The number of nitrogens with zero attached hydrogens (tertiary/aromatic N) is 2. The number of rotatable bonds is 12. The number of aromatic nitrogens is 3. The summed E-state index contributed by atoms with van der Waals surface area (Å²) >= 11 is 0. The van der Waals surface area contributed by atoms with E-state index in [0.29, 0.717) is 42.5 Å². The van der Waals surface area contributed by atoms with E-state index in [1.807, 2.05) is 24.3 Å². The van der Waals surface area contributed by atoms with Crippen molar-refractivity contribution in [3.8, 4) is 28.6 Å². The van der Waals surface area contributed by atoms with E-state index in [0.717, 1.165) is 11.3 Å². The van der Waals surface area contributed by atoms with Gasteiger partial charge in [-0.3, -0.25) is 9.59 Å². The lowest BCUT2D eigenvalue weighted by Crippen LogP contribution is -2.27. The van der Waals surface area contributed by atoms with Gasteiger partial charge in [-0.1, -0.05) is 30.9 Å². The van der Waals surface area contributed by atoms with Gasteiger partial charge in [-0.15, -0.1) is 10.2 Å². The first-order valence-corrected chi connectivity index (χ1v) is 10.8. The average Bonchev–Trinajstić information content (AvgIpc) is 2.86. The van der Waals surface area contributed by atoms with E-state index in [4.69, 9.17) is 14.2 Å². The first-order chi connectivity index (χ1) is 16.5. The number of nitrogens with one attached hydrogen (secondary N) is 2. The zero-order valence-electron chi connectivity index (χ0n) is 19.3. The van der Waals surface area contributed by atoms with E-state index >= 15 is 0 Å². The Hall–Kier alpha value is -4.14. The molecule has 9 heteroatoms. The van der Waals surface area contributed by atoms with Crippen molar-refractivity contribution in [2.75, 3.05) is 27.4 Å². The number of amides is 1. The molecule has 0 atom stereocenters. The summed E-state index contributed by atoms with van der Waals surface area (Å²) in [7, 11) is 3.14. The van der Waals surface area contributed by atoms with Gasteiger partial charge in [0.05, 0.1) is 14.2 Å². The maximum absolute atomic E-state index is 12.5. The monoisotopic (exact) mass is 464 g/mol. The molecule has 2 N–H and O–H groups in total. The lowest BCUT2D eigenvalue weighted by molar-refractivity contribution is -0.121. The van der Waals surface area contributed by atoms with E-state index in [9.17, 15) is 9.59 Å². The quantitative estimate of drug-likeness (QED) is 0.396. The molecule has 3 rings (SSSR count). The van der Waals surface area contributed by atoms with Crippen molar-refractivity contribution in [2.24, 2.45) is 0 Å². The van der Waals surface area contributed by atoms with Crippen molar-refractivity contribution in [2.45, 2.75) is 19.3 Å². The van der Waals surface area contributed by atoms with E-state index in [-0.39, 0.29) is 24.4 Å². The lowest BCUT2D eigenvalue weighted by Gasteiger charge is -2.11. The molecule has 34 heavy (non-hydrogen) atoms. The Bertz CT molecular complexity index is 1190. The van der Waals surface area contributed by atoms with Crippen LogP contribution in [0.5, 0.6) is 17.2 Å². The third-order valence-electron chi connectivity index (χ3n) is 5.06. The second-order valence-electron chi connectivity index (χ2n) is 7.33. The van der Waals surface area contributed by atoms with Gasteiger partial charge in [0.25, 0.3) is 5.56 Å². The maximum Gasteiger partial charge on any atom is 0.273 e. The average molecular weight is 465 g/mol. The van der Waals surface area contributed by atoms with Crippen LogP contribution >= 0.6 is 0 Å². The number of hydrogen-bond acceptors (Lipinski definition) is 7. The number of ether oxygens (including phenoxy) is 3. The van der Waals surface area contributed by atoms with Crippen LogP contribution in [0.25, 0.3) is 11.4 Å². The van der Waals surface area contributed by atoms with Crippen molar-refractivity contribution in [3.05, 3.63) is 76.7 Å². The largest absolute Gasteiger partial charge is 0.496 e. The molecule has 9 nitrogen and oxygen atoms in total. The van der Waals surface area contributed by atoms with E-state index in [2.05, 4.69) is 27.1 Å². The minimum absolute atomic E-state index is 0.131. The van der Waals surface area contributed by atoms with Crippen LogP contribution in [-0.4, -0.2) is 48.5 Å². The molecule has 0 fully saturated rings. The highest BCUT2D eigenvalue weighted by atomic mass is 16.5. The molecule has 3 aromatic rings. The molecule has 2 aromatic carbocycles. The third-order valence-corrected chi connectivity index (χ3v) is 5.06. The summed E-state index contributed by atoms with van der Waals surface area (Å²) in [6.07, 6.45) is 2.59. The summed E-state index contributed by atoms with van der Waals surface area (Å²) in [5.41, 5.74) is 1.44. The second kappa shape index (κ2) is 12.2. The minimum atomic E-state index is -0.391. The number of para-hydroxylation sites is 1. The summed E-state index contributed by atoms with van der Waals surface area (Å²) in [5.74, 6) is 1.96. The van der Waals surface area contributed by atoms with E-state index in [1.165, 1.54) is 7.11 Å². The molecule has 0 radical (unpaired) electrons. The van der Waals surface area contributed by atoms with E-state index in [1.54, 1.807) is 31.4 Å². The number of aromatic amines is 1.